The number of carbonyl (C=O) groups excluding carboxylic acids is 2. The summed E-state index contributed by atoms with van der Waals surface area (Å²) >= 11 is 0. The summed E-state index contributed by atoms with van der Waals surface area (Å²) in [6, 6.07) is -0.421. The summed E-state index contributed by atoms with van der Waals surface area (Å²) in [6.45, 7) is 7.05. The molecule has 3 N–H and O–H groups in total. The average molecular weight is 256 g/mol. The SMILES string of the molecule is CNC(=O)CN1CCN(C(=O)[C@@H](N)C(C)C)CC1. The monoisotopic (exact) mass is 256 g/mol. The van der Waals surface area contributed by atoms with Gasteiger partial charge in [0.2, 0.25) is 11.8 Å². The molecule has 1 heterocycles. The first-order chi connectivity index (χ1) is 8.45. The minimum Gasteiger partial charge on any atom is -0.358 e. The van der Waals surface area contributed by atoms with Crippen LogP contribution in [0.1, 0.15) is 13.8 Å². The van der Waals surface area contributed by atoms with Crippen molar-refractivity contribution in [3.05, 3.63) is 0 Å². The molecule has 0 saturated carbocycles. The number of nitrogens with zero attached hydrogens (tertiary/aromatic N) is 2. The fourth-order valence-electron chi connectivity index (χ4n) is 1.90. The zero-order valence-electron chi connectivity index (χ0n) is 11.5. The van der Waals surface area contributed by atoms with E-state index in [9.17, 15) is 9.59 Å². The summed E-state index contributed by atoms with van der Waals surface area (Å²) in [6.07, 6.45) is 0. The first-order valence-corrected chi connectivity index (χ1v) is 6.43. The van der Waals surface area contributed by atoms with Crippen LogP contribution >= 0.6 is 0 Å². The lowest BCUT2D eigenvalue weighted by Crippen LogP contribution is -2.55. The van der Waals surface area contributed by atoms with Crippen LogP contribution in [0.2, 0.25) is 0 Å². The Hall–Kier alpha value is -1.14. The largest absolute Gasteiger partial charge is 0.358 e. The van der Waals surface area contributed by atoms with Crippen LogP contribution in [0, 0.1) is 5.92 Å². The number of piperazine rings is 1. The van der Waals surface area contributed by atoms with E-state index in [1.54, 1.807) is 11.9 Å². The highest BCUT2D eigenvalue weighted by atomic mass is 16.2. The van der Waals surface area contributed by atoms with Crippen LogP contribution in [0.25, 0.3) is 0 Å². The van der Waals surface area contributed by atoms with Crippen molar-refractivity contribution >= 4 is 11.8 Å². The zero-order valence-corrected chi connectivity index (χ0v) is 11.5. The molecule has 1 fully saturated rings. The molecule has 6 heteroatoms. The van der Waals surface area contributed by atoms with E-state index in [2.05, 4.69) is 5.32 Å². The second kappa shape index (κ2) is 6.70. The van der Waals surface area contributed by atoms with Gasteiger partial charge in [-0.1, -0.05) is 13.8 Å². The van der Waals surface area contributed by atoms with Gasteiger partial charge in [-0.3, -0.25) is 14.5 Å². The van der Waals surface area contributed by atoms with Gasteiger partial charge in [0, 0.05) is 33.2 Å². The van der Waals surface area contributed by atoms with Crippen LogP contribution in [0.15, 0.2) is 0 Å². The Balaban J connectivity index is 2.39. The Bertz CT molecular complexity index is 298. The smallest absolute Gasteiger partial charge is 0.239 e. The molecule has 2 amide bonds. The van der Waals surface area contributed by atoms with Crippen molar-refractivity contribution in [1.29, 1.82) is 0 Å². The Kier molecular flexibility index (Phi) is 5.55. The van der Waals surface area contributed by atoms with Gasteiger partial charge in [-0.15, -0.1) is 0 Å². The quantitative estimate of drug-likeness (QED) is 0.666. The normalized spacial score (nSPS) is 18.8. The number of likely N-dealkylation sites (N-methyl/N-ethyl adjacent to an activating group) is 1. The van der Waals surface area contributed by atoms with Gasteiger partial charge in [-0.2, -0.15) is 0 Å². The van der Waals surface area contributed by atoms with Crippen LogP contribution in [0.5, 0.6) is 0 Å². The molecule has 0 radical (unpaired) electrons. The highest BCUT2D eigenvalue weighted by Crippen LogP contribution is 2.07. The van der Waals surface area contributed by atoms with Gasteiger partial charge in [0.1, 0.15) is 0 Å². The van der Waals surface area contributed by atoms with Crippen LogP contribution in [0.3, 0.4) is 0 Å². The van der Waals surface area contributed by atoms with Crippen molar-refractivity contribution in [2.24, 2.45) is 11.7 Å². The summed E-state index contributed by atoms with van der Waals surface area (Å²) in [5.74, 6) is 0.180. The van der Waals surface area contributed by atoms with Gasteiger partial charge in [-0.05, 0) is 5.92 Å². The fourth-order valence-corrected chi connectivity index (χ4v) is 1.90. The Morgan fingerprint density at radius 1 is 1.22 bits per heavy atom. The molecule has 1 aliphatic heterocycles. The summed E-state index contributed by atoms with van der Waals surface area (Å²) in [5.41, 5.74) is 5.86. The van der Waals surface area contributed by atoms with E-state index in [0.717, 1.165) is 13.1 Å². The molecule has 0 unspecified atom stereocenters. The number of carbonyl (C=O) groups is 2. The second-order valence-electron chi connectivity index (χ2n) is 5.04. The second-order valence-corrected chi connectivity index (χ2v) is 5.04. The molecule has 0 spiro atoms. The molecule has 1 rings (SSSR count). The number of nitrogens with one attached hydrogen (secondary N) is 1. The highest BCUT2D eigenvalue weighted by molar-refractivity contribution is 5.82. The van der Waals surface area contributed by atoms with Crippen molar-refractivity contribution in [3.63, 3.8) is 0 Å². The fraction of sp³-hybridized carbons (Fsp3) is 0.833. The molecule has 1 aliphatic rings. The zero-order chi connectivity index (χ0) is 13.7. The maximum atomic E-state index is 12.0. The van der Waals surface area contributed by atoms with Gasteiger partial charge in [0.25, 0.3) is 0 Å². The molecular weight excluding hydrogens is 232 g/mol. The standard InChI is InChI=1S/C12H24N4O2/c1-9(2)11(13)12(18)16-6-4-15(5-7-16)8-10(17)14-3/h9,11H,4-8,13H2,1-3H3,(H,14,17)/t11-/m0/s1. The summed E-state index contributed by atoms with van der Waals surface area (Å²) in [7, 11) is 1.63. The number of amides is 2. The maximum absolute atomic E-state index is 12.0. The number of hydrogen-bond donors (Lipinski definition) is 2. The van der Waals surface area contributed by atoms with Gasteiger partial charge in [-0.25, -0.2) is 0 Å². The predicted octanol–water partition coefficient (Wildman–Crippen LogP) is -1.14. The summed E-state index contributed by atoms with van der Waals surface area (Å²) < 4.78 is 0. The number of hydrogen-bond acceptors (Lipinski definition) is 4. The molecular formula is C12H24N4O2. The van der Waals surface area contributed by atoms with Crippen molar-refractivity contribution in [3.8, 4) is 0 Å². The summed E-state index contributed by atoms with van der Waals surface area (Å²) in [5, 5.41) is 2.60. The van der Waals surface area contributed by atoms with E-state index in [-0.39, 0.29) is 17.7 Å². The van der Waals surface area contributed by atoms with E-state index in [1.807, 2.05) is 18.7 Å². The van der Waals surface area contributed by atoms with Crippen LogP contribution in [-0.4, -0.2) is 67.4 Å². The van der Waals surface area contributed by atoms with Crippen molar-refractivity contribution in [1.82, 2.24) is 15.1 Å². The molecule has 0 aromatic heterocycles. The Labute approximate surface area is 108 Å². The summed E-state index contributed by atoms with van der Waals surface area (Å²) in [4.78, 5) is 27.1. The number of rotatable bonds is 4. The lowest BCUT2D eigenvalue weighted by Gasteiger charge is -2.36. The molecule has 104 valence electrons. The van der Waals surface area contributed by atoms with Crippen molar-refractivity contribution < 1.29 is 9.59 Å². The van der Waals surface area contributed by atoms with Crippen molar-refractivity contribution in [2.45, 2.75) is 19.9 Å². The minimum absolute atomic E-state index is 0.00802. The topological polar surface area (TPSA) is 78.7 Å². The molecule has 1 saturated heterocycles. The minimum atomic E-state index is -0.421. The van der Waals surface area contributed by atoms with Gasteiger partial charge < -0.3 is 16.0 Å². The molecule has 18 heavy (non-hydrogen) atoms. The Morgan fingerprint density at radius 2 is 1.78 bits per heavy atom. The maximum Gasteiger partial charge on any atom is 0.239 e. The third kappa shape index (κ3) is 3.96. The Morgan fingerprint density at radius 3 is 2.22 bits per heavy atom. The van der Waals surface area contributed by atoms with Crippen molar-refractivity contribution in [2.75, 3.05) is 39.8 Å². The molecule has 0 aromatic carbocycles. The first-order valence-electron chi connectivity index (χ1n) is 6.43. The number of nitrogens with two attached hydrogens (primary N) is 1. The lowest BCUT2D eigenvalue weighted by atomic mass is 10.0. The van der Waals surface area contributed by atoms with E-state index < -0.39 is 6.04 Å². The molecule has 0 aromatic rings. The van der Waals surface area contributed by atoms with E-state index in [0.29, 0.717) is 19.6 Å². The third-order valence-electron chi connectivity index (χ3n) is 3.33. The van der Waals surface area contributed by atoms with Crippen LogP contribution < -0.4 is 11.1 Å². The highest BCUT2D eigenvalue weighted by Gasteiger charge is 2.27. The van der Waals surface area contributed by atoms with E-state index in [1.165, 1.54) is 0 Å². The van der Waals surface area contributed by atoms with Crippen LogP contribution in [0.4, 0.5) is 0 Å². The van der Waals surface area contributed by atoms with E-state index >= 15 is 0 Å². The van der Waals surface area contributed by atoms with Crippen LogP contribution in [-0.2, 0) is 9.59 Å². The van der Waals surface area contributed by atoms with Gasteiger partial charge >= 0.3 is 0 Å². The predicted molar refractivity (Wildman–Crippen MR) is 69.9 cm³/mol. The van der Waals surface area contributed by atoms with Gasteiger partial charge in [0.15, 0.2) is 0 Å². The van der Waals surface area contributed by atoms with Gasteiger partial charge in [0.05, 0.1) is 12.6 Å². The lowest BCUT2D eigenvalue weighted by molar-refractivity contribution is -0.135. The molecule has 1 atom stereocenters. The molecule has 0 bridgehead atoms. The average Bonchev–Trinajstić information content (AvgIpc) is 2.37. The third-order valence-corrected chi connectivity index (χ3v) is 3.33. The molecule has 6 nitrogen and oxygen atoms in total. The molecule has 0 aliphatic carbocycles. The van der Waals surface area contributed by atoms with E-state index in [4.69, 9.17) is 5.73 Å². The first kappa shape index (κ1) is 14.9.